The Morgan fingerprint density at radius 2 is 1.66 bits per heavy atom. The number of nitrogens with one attached hydrogen (secondary N) is 2. The average molecular weight is 478 g/mol. The molecule has 4 aromatic rings. The van der Waals surface area contributed by atoms with Crippen LogP contribution in [0, 0.1) is 0 Å². The summed E-state index contributed by atoms with van der Waals surface area (Å²) in [4.78, 5) is 18.1. The summed E-state index contributed by atoms with van der Waals surface area (Å²) in [6, 6.07) is 21.9. The number of para-hydroxylation sites is 1. The van der Waals surface area contributed by atoms with Crippen molar-refractivity contribution in [1.82, 2.24) is 9.88 Å². The number of carbonyl (C=O) groups is 1. The smallest absolute Gasteiger partial charge is 0.361 e. The second-order valence-electron chi connectivity index (χ2n) is 8.44. The summed E-state index contributed by atoms with van der Waals surface area (Å²) < 4.78 is 38.6. The highest BCUT2D eigenvalue weighted by atomic mass is 19.4. The van der Waals surface area contributed by atoms with Crippen molar-refractivity contribution < 1.29 is 18.0 Å². The lowest BCUT2D eigenvalue weighted by Crippen LogP contribution is -2.37. The topological polar surface area (TPSA) is 48.1 Å². The van der Waals surface area contributed by atoms with Crippen LogP contribution in [0.25, 0.3) is 17.0 Å². The van der Waals surface area contributed by atoms with Crippen LogP contribution in [0.15, 0.2) is 90.6 Å². The molecule has 2 N–H and O–H groups in total. The summed E-state index contributed by atoms with van der Waals surface area (Å²) in [6.45, 7) is 2.77. The van der Waals surface area contributed by atoms with E-state index in [-0.39, 0.29) is 6.03 Å². The normalized spacial score (nSPS) is 12.1. The minimum absolute atomic E-state index is 0.310. The summed E-state index contributed by atoms with van der Waals surface area (Å²) in [7, 11) is 0. The van der Waals surface area contributed by atoms with Gasteiger partial charge in [0, 0.05) is 35.9 Å². The number of alkyl halides is 3. The number of benzene rings is 3. The molecule has 1 aromatic heterocycles. The minimum atomic E-state index is -4.42. The molecule has 3 aromatic carbocycles. The van der Waals surface area contributed by atoms with Gasteiger partial charge in [-0.15, -0.1) is 0 Å². The number of H-pyrrole nitrogens is 1. The predicted octanol–water partition coefficient (Wildman–Crippen LogP) is 7.37. The number of carbonyl (C=O) groups excluding carboxylic acids is 1. The second-order valence-corrected chi connectivity index (χ2v) is 8.44. The summed E-state index contributed by atoms with van der Waals surface area (Å²) in [5.74, 6) is 0. The van der Waals surface area contributed by atoms with Gasteiger partial charge in [-0.3, -0.25) is 0 Å². The number of amides is 2. The van der Waals surface area contributed by atoms with Gasteiger partial charge in [0.05, 0.1) is 5.56 Å². The first kappa shape index (κ1) is 24.1. The molecule has 0 radical (unpaired) electrons. The van der Waals surface area contributed by atoms with Crippen LogP contribution in [-0.2, 0) is 12.6 Å². The molecule has 0 spiro atoms. The summed E-state index contributed by atoms with van der Waals surface area (Å²) in [6.07, 6.45) is 0.170. The molecule has 4 rings (SSSR count). The largest absolute Gasteiger partial charge is 0.416 e. The minimum Gasteiger partial charge on any atom is -0.361 e. The fourth-order valence-electron chi connectivity index (χ4n) is 3.97. The van der Waals surface area contributed by atoms with Crippen LogP contribution >= 0.6 is 0 Å². The molecule has 0 saturated heterocycles. The molecular weight excluding hydrogens is 451 g/mol. The van der Waals surface area contributed by atoms with E-state index < -0.39 is 11.7 Å². The van der Waals surface area contributed by atoms with E-state index in [1.165, 1.54) is 12.1 Å². The number of anilines is 1. The Labute approximate surface area is 202 Å². The third kappa shape index (κ3) is 6.32. The molecule has 0 fully saturated rings. The Morgan fingerprint density at radius 3 is 2.37 bits per heavy atom. The first-order valence-electron chi connectivity index (χ1n) is 11.3. The van der Waals surface area contributed by atoms with Crippen molar-refractivity contribution in [3.8, 4) is 0 Å². The highest BCUT2D eigenvalue weighted by Crippen LogP contribution is 2.30. The molecule has 0 saturated carbocycles. The van der Waals surface area contributed by atoms with E-state index in [2.05, 4.69) is 10.3 Å². The van der Waals surface area contributed by atoms with Crippen LogP contribution in [0.4, 0.5) is 23.7 Å². The Bertz CT molecular complexity index is 1310. The lowest BCUT2D eigenvalue weighted by molar-refractivity contribution is -0.137. The molecule has 0 aliphatic carbocycles. The third-order valence-electron chi connectivity index (χ3n) is 5.73. The van der Waals surface area contributed by atoms with Crippen LogP contribution in [-0.4, -0.2) is 29.0 Å². The lowest BCUT2D eigenvalue weighted by Gasteiger charge is -2.24. The zero-order valence-corrected chi connectivity index (χ0v) is 19.3. The highest BCUT2D eigenvalue weighted by molar-refractivity contribution is 5.89. The molecule has 180 valence electrons. The van der Waals surface area contributed by atoms with Gasteiger partial charge in [0.2, 0.25) is 0 Å². The van der Waals surface area contributed by atoms with Crippen LogP contribution in [0.2, 0.25) is 0 Å². The standard InChI is InChI=1S/C28H26F3N3O/c1-20(17-21-7-3-2-4-8-21)19-34(16-15-22-18-32-26-10-6-5-9-25(22)26)27(35)33-24-13-11-23(12-14-24)28(29,30)31/h2-14,17-18,32H,15-16,19H2,1H3,(H,33,35)/b20-17+. The maximum absolute atomic E-state index is 13.2. The van der Waals surface area contributed by atoms with Crippen molar-refractivity contribution in [2.75, 3.05) is 18.4 Å². The predicted molar refractivity (Wildman–Crippen MR) is 134 cm³/mol. The van der Waals surface area contributed by atoms with Crippen molar-refractivity contribution in [3.05, 3.63) is 107 Å². The van der Waals surface area contributed by atoms with Gasteiger partial charge in [-0.2, -0.15) is 13.2 Å². The Balaban J connectivity index is 1.51. The Hall–Kier alpha value is -4.00. The van der Waals surface area contributed by atoms with E-state index in [0.29, 0.717) is 25.2 Å². The second kappa shape index (κ2) is 10.5. The summed E-state index contributed by atoms with van der Waals surface area (Å²) in [5, 5.41) is 3.85. The van der Waals surface area contributed by atoms with Gasteiger partial charge in [-0.1, -0.05) is 60.2 Å². The molecule has 0 aliphatic rings. The monoisotopic (exact) mass is 477 g/mol. The van der Waals surface area contributed by atoms with E-state index in [9.17, 15) is 18.0 Å². The summed E-state index contributed by atoms with van der Waals surface area (Å²) in [5.41, 5.74) is 3.70. The van der Waals surface area contributed by atoms with Gasteiger partial charge < -0.3 is 15.2 Å². The van der Waals surface area contributed by atoms with Crippen LogP contribution in [0.1, 0.15) is 23.6 Å². The van der Waals surface area contributed by atoms with Crippen LogP contribution in [0.5, 0.6) is 0 Å². The molecule has 2 amide bonds. The van der Waals surface area contributed by atoms with Gasteiger partial charge in [0.1, 0.15) is 0 Å². The number of rotatable bonds is 7. The highest BCUT2D eigenvalue weighted by Gasteiger charge is 2.30. The van der Waals surface area contributed by atoms with E-state index in [0.717, 1.165) is 39.7 Å². The molecule has 0 unspecified atom stereocenters. The van der Waals surface area contributed by atoms with E-state index in [1.807, 2.05) is 73.8 Å². The van der Waals surface area contributed by atoms with Gasteiger partial charge in [-0.05, 0) is 54.8 Å². The van der Waals surface area contributed by atoms with Gasteiger partial charge in [-0.25, -0.2) is 4.79 Å². The Kier molecular flexibility index (Phi) is 7.25. The molecule has 0 bridgehead atoms. The van der Waals surface area contributed by atoms with Gasteiger partial charge in [0.25, 0.3) is 0 Å². The quantitative estimate of drug-likeness (QED) is 0.287. The van der Waals surface area contributed by atoms with E-state index in [1.54, 1.807) is 4.90 Å². The van der Waals surface area contributed by atoms with Crippen LogP contribution < -0.4 is 5.32 Å². The lowest BCUT2D eigenvalue weighted by atomic mass is 10.1. The fourth-order valence-corrected chi connectivity index (χ4v) is 3.97. The first-order valence-corrected chi connectivity index (χ1v) is 11.3. The summed E-state index contributed by atoms with van der Waals surface area (Å²) >= 11 is 0. The number of halogens is 3. The molecule has 0 aliphatic heterocycles. The van der Waals surface area contributed by atoms with E-state index >= 15 is 0 Å². The third-order valence-corrected chi connectivity index (χ3v) is 5.73. The van der Waals surface area contributed by atoms with Crippen molar-refractivity contribution in [2.45, 2.75) is 19.5 Å². The molecule has 7 heteroatoms. The maximum atomic E-state index is 13.2. The van der Waals surface area contributed by atoms with Gasteiger partial charge >= 0.3 is 12.2 Å². The van der Waals surface area contributed by atoms with Crippen LogP contribution in [0.3, 0.4) is 0 Å². The number of fused-ring (bicyclic) bond motifs is 1. The molecule has 4 nitrogen and oxygen atoms in total. The van der Waals surface area contributed by atoms with Crippen molar-refractivity contribution in [1.29, 1.82) is 0 Å². The number of aromatic nitrogens is 1. The fraction of sp³-hybridized carbons (Fsp3) is 0.179. The molecular formula is C28H26F3N3O. The zero-order chi connectivity index (χ0) is 24.8. The number of hydrogen-bond donors (Lipinski definition) is 2. The average Bonchev–Trinajstić information content (AvgIpc) is 3.25. The number of urea groups is 1. The van der Waals surface area contributed by atoms with Crippen molar-refractivity contribution >= 4 is 28.7 Å². The molecule has 1 heterocycles. The van der Waals surface area contributed by atoms with Crippen molar-refractivity contribution in [3.63, 3.8) is 0 Å². The first-order chi connectivity index (χ1) is 16.8. The zero-order valence-electron chi connectivity index (χ0n) is 19.3. The molecule has 0 atom stereocenters. The number of hydrogen-bond acceptors (Lipinski definition) is 1. The van der Waals surface area contributed by atoms with Gasteiger partial charge in [0.15, 0.2) is 0 Å². The van der Waals surface area contributed by atoms with Crippen molar-refractivity contribution in [2.24, 2.45) is 0 Å². The number of aromatic amines is 1. The maximum Gasteiger partial charge on any atom is 0.416 e. The molecule has 35 heavy (non-hydrogen) atoms. The number of nitrogens with zero attached hydrogens (tertiary/aromatic N) is 1. The Morgan fingerprint density at radius 1 is 0.971 bits per heavy atom. The SMILES string of the molecule is C/C(=C\c1ccccc1)CN(CCc1c[nH]c2ccccc12)C(=O)Nc1ccc(C(F)(F)F)cc1. The van der Waals surface area contributed by atoms with E-state index in [4.69, 9.17) is 0 Å².